The summed E-state index contributed by atoms with van der Waals surface area (Å²) in [5.41, 5.74) is 0.419. The molecule has 0 saturated carbocycles. The van der Waals surface area contributed by atoms with Crippen LogP contribution in [0, 0.1) is 0 Å². The minimum absolute atomic E-state index is 0.344. The number of allylic oxidation sites excluding steroid dienone is 1. The van der Waals surface area contributed by atoms with Crippen LogP contribution >= 0.6 is 0 Å². The number of rotatable bonds is 2. The highest BCUT2D eigenvalue weighted by Gasteiger charge is 2.12. The van der Waals surface area contributed by atoms with Crippen molar-refractivity contribution in [3.63, 3.8) is 0 Å². The molecule has 1 aliphatic rings. The van der Waals surface area contributed by atoms with E-state index in [4.69, 9.17) is 9.25 Å². The van der Waals surface area contributed by atoms with Gasteiger partial charge in [0.1, 0.15) is 23.2 Å². The zero-order valence-corrected chi connectivity index (χ0v) is 13.0. The van der Waals surface area contributed by atoms with Gasteiger partial charge in [-0.25, -0.2) is 0 Å². The fourth-order valence-corrected chi connectivity index (χ4v) is 2.04. The van der Waals surface area contributed by atoms with Crippen molar-refractivity contribution in [2.45, 2.75) is 26.4 Å². The molecule has 1 aromatic carbocycles. The smallest absolute Gasteiger partial charge is 0.203 e. The molecule has 2 aromatic rings. The van der Waals surface area contributed by atoms with Gasteiger partial charge in [-0.2, -0.15) is 0 Å². The fraction of sp³-hybridized carbons (Fsp3) is 0.294. The zero-order chi connectivity index (χ0) is 15.6. The van der Waals surface area contributed by atoms with Gasteiger partial charge in [-0.15, -0.1) is 0 Å². The highest BCUT2D eigenvalue weighted by atomic mass is 16.6. The molecule has 22 heavy (non-hydrogen) atoms. The molecule has 2 heterocycles. The average Bonchev–Trinajstić information content (AvgIpc) is 2.52. The number of para-hydroxylation sites is 1. The average molecular weight is 297 g/mol. The van der Waals surface area contributed by atoms with Gasteiger partial charge < -0.3 is 9.25 Å². The Morgan fingerprint density at radius 1 is 1.27 bits per heavy atom. The minimum atomic E-state index is -0.344. The summed E-state index contributed by atoms with van der Waals surface area (Å²) >= 11 is 0. The summed E-state index contributed by atoms with van der Waals surface area (Å²) in [6.07, 6.45) is 5.57. The molecule has 0 amide bonds. The predicted molar refractivity (Wildman–Crippen MR) is 87.6 cm³/mol. The van der Waals surface area contributed by atoms with E-state index in [1.54, 1.807) is 6.21 Å². The molecule has 0 bridgehead atoms. The van der Waals surface area contributed by atoms with Crippen LogP contribution in [0.4, 0.5) is 5.88 Å². The van der Waals surface area contributed by atoms with E-state index in [1.807, 2.05) is 68.3 Å². The zero-order valence-electron chi connectivity index (χ0n) is 13.0. The van der Waals surface area contributed by atoms with E-state index in [-0.39, 0.29) is 5.60 Å². The standard InChI is InChI=1S/C17H19N3O2/c1-17(2,3)22-19-14-11-16(20-10-6-9-18-12-20)21-15-8-5-4-7-13(14)15/h4-11H,12H2,1-3H3. The van der Waals surface area contributed by atoms with Crippen LogP contribution in [-0.2, 0) is 4.84 Å². The molecular weight excluding hydrogens is 278 g/mol. The Hall–Kier alpha value is -2.56. The molecular formula is C17H19N3O2. The predicted octanol–water partition coefficient (Wildman–Crippen LogP) is 3.43. The molecule has 0 unspecified atom stereocenters. The third-order valence-corrected chi connectivity index (χ3v) is 3.03. The van der Waals surface area contributed by atoms with Crippen LogP contribution in [0.3, 0.4) is 0 Å². The third kappa shape index (κ3) is 3.19. The van der Waals surface area contributed by atoms with Crippen LogP contribution < -0.4 is 10.3 Å². The van der Waals surface area contributed by atoms with Crippen molar-refractivity contribution >= 4 is 23.1 Å². The summed E-state index contributed by atoms with van der Waals surface area (Å²) in [5.74, 6) is 0.683. The Morgan fingerprint density at radius 2 is 2.09 bits per heavy atom. The molecule has 0 atom stereocenters. The van der Waals surface area contributed by atoms with Crippen molar-refractivity contribution in [3.05, 3.63) is 48.0 Å². The van der Waals surface area contributed by atoms with Gasteiger partial charge in [-0.1, -0.05) is 17.3 Å². The molecule has 0 N–H and O–H groups in total. The fourth-order valence-electron chi connectivity index (χ4n) is 2.04. The van der Waals surface area contributed by atoms with Crippen molar-refractivity contribution in [3.8, 4) is 0 Å². The lowest BCUT2D eigenvalue weighted by Crippen LogP contribution is -2.21. The Bertz CT molecular complexity index is 797. The van der Waals surface area contributed by atoms with Gasteiger partial charge in [0.15, 0.2) is 0 Å². The second-order valence-corrected chi connectivity index (χ2v) is 6.05. The molecule has 0 spiro atoms. The highest BCUT2D eigenvalue weighted by molar-refractivity contribution is 5.78. The normalized spacial score (nSPS) is 15.6. The lowest BCUT2D eigenvalue weighted by molar-refractivity contribution is -0.00585. The number of anilines is 1. The molecule has 114 valence electrons. The van der Waals surface area contributed by atoms with E-state index < -0.39 is 0 Å². The molecule has 5 heteroatoms. The van der Waals surface area contributed by atoms with Crippen molar-refractivity contribution in [2.24, 2.45) is 10.1 Å². The summed E-state index contributed by atoms with van der Waals surface area (Å²) in [7, 11) is 0. The van der Waals surface area contributed by atoms with Crippen LogP contribution in [0.25, 0.3) is 11.0 Å². The Labute approximate surface area is 129 Å². The maximum atomic E-state index is 5.96. The monoisotopic (exact) mass is 297 g/mol. The summed E-state index contributed by atoms with van der Waals surface area (Å²) in [6.45, 7) is 6.43. The van der Waals surface area contributed by atoms with Gasteiger partial charge in [-0.3, -0.25) is 9.89 Å². The van der Waals surface area contributed by atoms with E-state index >= 15 is 0 Å². The van der Waals surface area contributed by atoms with Gasteiger partial charge in [0.2, 0.25) is 5.88 Å². The van der Waals surface area contributed by atoms with Crippen molar-refractivity contribution in [1.82, 2.24) is 0 Å². The van der Waals surface area contributed by atoms with Crippen LogP contribution in [0.15, 0.2) is 57.2 Å². The maximum Gasteiger partial charge on any atom is 0.203 e. The Balaban J connectivity index is 2.12. The van der Waals surface area contributed by atoms with Crippen LogP contribution in [-0.4, -0.2) is 18.5 Å². The maximum absolute atomic E-state index is 5.96. The number of hydrogen-bond acceptors (Lipinski definition) is 5. The summed E-state index contributed by atoms with van der Waals surface area (Å²) in [6, 6.07) is 9.66. The van der Waals surface area contributed by atoms with E-state index in [0.717, 1.165) is 16.3 Å². The van der Waals surface area contributed by atoms with E-state index in [0.29, 0.717) is 12.6 Å². The van der Waals surface area contributed by atoms with E-state index in [1.165, 1.54) is 0 Å². The second-order valence-electron chi connectivity index (χ2n) is 6.05. The van der Waals surface area contributed by atoms with Gasteiger partial charge in [-0.05, 0) is 39.0 Å². The van der Waals surface area contributed by atoms with Crippen LogP contribution in [0.5, 0.6) is 0 Å². The number of fused-ring (bicyclic) bond motifs is 1. The molecule has 0 saturated heterocycles. The van der Waals surface area contributed by atoms with Gasteiger partial charge in [0.25, 0.3) is 0 Å². The van der Waals surface area contributed by atoms with E-state index in [9.17, 15) is 0 Å². The van der Waals surface area contributed by atoms with Gasteiger partial charge >= 0.3 is 0 Å². The number of hydrogen-bond donors (Lipinski definition) is 0. The molecule has 0 aliphatic carbocycles. The quantitative estimate of drug-likeness (QED) is 0.798. The van der Waals surface area contributed by atoms with Gasteiger partial charge in [0, 0.05) is 23.9 Å². The van der Waals surface area contributed by atoms with E-state index in [2.05, 4.69) is 10.1 Å². The molecule has 1 aliphatic heterocycles. The Morgan fingerprint density at radius 3 is 2.82 bits per heavy atom. The Kier molecular flexibility index (Phi) is 3.71. The van der Waals surface area contributed by atoms with Crippen LogP contribution in [0.1, 0.15) is 20.8 Å². The first-order valence-corrected chi connectivity index (χ1v) is 7.21. The van der Waals surface area contributed by atoms with Crippen molar-refractivity contribution < 1.29 is 9.25 Å². The SMILES string of the molecule is CC(C)(C)ON=c1cc(N2C=CC=NC2)oc2ccccc12. The first-order valence-electron chi connectivity index (χ1n) is 7.21. The molecule has 1 aromatic heterocycles. The minimum Gasteiger partial charge on any atom is -0.440 e. The van der Waals surface area contributed by atoms with Crippen LogP contribution in [0.2, 0.25) is 0 Å². The lowest BCUT2D eigenvalue weighted by atomic mass is 10.2. The number of nitrogens with zero attached hydrogens (tertiary/aromatic N) is 3. The van der Waals surface area contributed by atoms with Crippen molar-refractivity contribution in [2.75, 3.05) is 11.6 Å². The largest absolute Gasteiger partial charge is 0.440 e. The second kappa shape index (κ2) is 5.67. The number of benzene rings is 1. The third-order valence-electron chi connectivity index (χ3n) is 3.03. The van der Waals surface area contributed by atoms with Crippen molar-refractivity contribution in [1.29, 1.82) is 0 Å². The summed E-state index contributed by atoms with van der Waals surface area (Å²) in [5, 5.41) is 5.97. The first kappa shape index (κ1) is 14.4. The summed E-state index contributed by atoms with van der Waals surface area (Å²) < 4.78 is 5.96. The topological polar surface area (TPSA) is 50.3 Å². The summed E-state index contributed by atoms with van der Waals surface area (Å²) in [4.78, 5) is 11.7. The van der Waals surface area contributed by atoms with Gasteiger partial charge in [0.05, 0.1) is 0 Å². The first-order chi connectivity index (χ1) is 10.5. The lowest BCUT2D eigenvalue weighted by Gasteiger charge is -2.19. The molecule has 0 radical (unpaired) electrons. The molecule has 5 nitrogen and oxygen atoms in total. The number of aliphatic imine (C=N–C) groups is 1. The highest BCUT2D eigenvalue weighted by Crippen LogP contribution is 2.20. The molecule has 0 fully saturated rings. The molecule has 3 rings (SSSR count).